The van der Waals surface area contributed by atoms with Crippen LogP contribution in [0.1, 0.15) is 6.92 Å². The number of rotatable bonds is 0. The van der Waals surface area contributed by atoms with Crippen molar-refractivity contribution in [1.29, 1.82) is 0 Å². The Labute approximate surface area is 36.3 Å². The van der Waals surface area contributed by atoms with Gasteiger partial charge in [-0.2, -0.15) is 5.10 Å². The smallest absolute Gasteiger partial charge is 0.0209 e. The van der Waals surface area contributed by atoms with Gasteiger partial charge in [-0.25, -0.2) is 0 Å². The molecule has 40 valence electrons. The summed E-state index contributed by atoms with van der Waals surface area (Å²) in [6.45, 7) is 1.76. The molecule has 6 N–H and O–H groups in total. The third kappa shape index (κ3) is 127. The zero-order chi connectivity index (χ0) is 3.41. The molecule has 0 aromatic carbocycles. The largest absolute Gasteiger partial charge is 0.412 e. The average molecular weight is 94.1 g/mol. The van der Waals surface area contributed by atoms with Crippen LogP contribution in [0.15, 0.2) is 5.10 Å². The van der Waals surface area contributed by atoms with E-state index in [0.717, 1.165) is 0 Å². The van der Waals surface area contributed by atoms with Crippen molar-refractivity contribution in [2.75, 3.05) is 0 Å². The summed E-state index contributed by atoms with van der Waals surface area (Å²) in [5.41, 5.74) is 0. The van der Waals surface area contributed by atoms with Crippen LogP contribution in [0.5, 0.6) is 0 Å². The maximum atomic E-state index is 4.60. The van der Waals surface area contributed by atoms with Gasteiger partial charge in [-0.15, -0.1) is 0 Å². The minimum atomic E-state index is 0. The molecule has 0 aliphatic heterocycles. The molecule has 4 heteroatoms. The van der Waals surface area contributed by atoms with Gasteiger partial charge >= 0.3 is 0 Å². The third-order valence-corrected chi connectivity index (χ3v) is 0.149. The summed E-state index contributed by atoms with van der Waals surface area (Å²) in [6, 6.07) is 0. The minimum absolute atomic E-state index is 0. The van der Waals surface area contributed by atoms with Gasteiger partial charge in [0.25, 0.3) is 0 Å². The summed E-state index contributed by atoms with van der Waals surface area (Å²) >= 11 is 0. The Balaban J connectivity index is -0.0000000450. The van der Waals surface area contributed by atoms with Crippen LogP contribution in [0.25, 0.3) is 0 Å². The summed E-state index contributed by atoms with van der Waals surface area (Å²) in [4.78, 5) is 0. The van der Waals surface area contributed by atoms with Crippen molar-refractivity contribution in [3.05, 3.63) is 0 Å². The molecule has 6 heavy (non-hydrogen) atoms. The second kappa shape index (κ2) is 26.1. The lowest BCUT2D eigenvalue weighted by molar-refractivity contribution is 0.823. The van der Waals surface area contributed by atoms with Gasteiger partial charge in [-0.3, -0.25) is 0 Å². The highest BCUT2D eigenvalue weighted by Gasteiger charge is 1.32. The van der Waals surface area contributed by atoms with Gasteiger partial charge in [-0.05, 0) is 6.92 Å². The van der Waals surface area contributed by atoms with Crippen LogP contribution in [0.4, 0.5) is 0 Å². The molecule has 0 unspecified atom stereocenters. The standard InChI is InChI=1S/C2H6N2.2H2O/c1-2-4-3;;/h2H,3H2,1H3;2*1H2. The number of hydrogen-bond acceptors (Lipinski definition) is 2. The minimum Gasteiger partial charge on any atom is -0.412 e. The molecule has 0 atom stereocenters. The predicted molar refractivity (Wildman–Crippen MR) is 25.6 cm³/mol. The molecule has 0 aliphatic carbocycles. The number of nitrogens with two attached hydrogens (primary N) is 1. The molecule has 0 fully saturated rings. The second-order valence-corrected chi connectivity index (χ2v) is 0.407. The summed E-state index contributed by atoms with van der Waals surface area (Å²) in [6.07, 6.45) is 1.53. The summed E-state index contributed by atoms with van der Waals surface area (Å²) in [5.74, 6) is 4.60. The van der Waals surface area contributed by atoms with E-state index in [-0.39, 0.29) is 11.0 Å². The van der Waals surface area contributed by atoms with E-state index in [4.69, 9.17) is 0 Å². The topological polar surface area (TPSA) is 101 Å². The first-order valence-electron chi connectivity index (χ1n) is 1.09. The highest BCUT2D eigenvalue weighted by Crippen LogP contribution is 1.31. The zero-order valence-corrected chi connectivity index (χ0v) is 3.60. The molecule has 0 saturated heterocycles. The maximum Gasteiger partial charge on any atom is 0.0209 e. The molecule has 0 amide bonds. The van der Waals surface area contributed by atoms with E-state index in [1.165, 1.54) is 6.21 Å². The highest BCUT2D eigenvalue weighted by molar-refractivity contribution is 5.52. The van der Waals surface area contributed by atoms with Crippen LogP contribution in [0.2, 0.25) is 0 Å². The lowest BCUT2D eigenvalue weighted by atomic mass is 10.9. The summed E-state index contributed by atoms with van der Waals surface area (Å²) in [5, 5.41) is 3.11. The van der Waals surface area contributed by atoms with Crippen molar-refractivity contribution >= 4 is 6.21 Å². The summed E-state index contributed by atoms with van der Waals surface area (Å²) in [7, 11) is 0. The fraction of sp³-hybridized carbons (Fsp3) is 0.500. The zero-order valence-electron chi connectivity index (χ0n) is 3.60. The lowest BCUT2D eigenvalue weighted by Crippen LogP contribution is -1.74. The molecule has 0 bridgehead atoms. The van der Waals surface area contributed by atoms with E-state index in [2.05, 4.69) is 10.9 Å². The Morgan fingerprint density at radius 2 is 1.67 bits per heavy atom. The van der Waals surface area contributed by atoms with Crippen LogP contribution >= 0.6 is 0 Å². The van der Waals surface area contributed by atoms with E-state index in [1.807, 2.05) is 0 Å². The van der Waals surface area contributed by atoms with Crippen molar-refractivity contribution < 1.29 is 11.0 Å². The number of hydrogen-bond donors (Lipinski definition) is 1. The summed E-state index contributed by atoms with van der Waals surface area (Å²) < 4.78 is 0. The molecule has 0 aromatic heterocycles. The second-order valence-electron chi connectivity index (χ2n) is 0.407. The first-order valence-corrected chi connectivity index (χ1v) is 1.09. The first-order chi connectivity index (χ1) is 1.91. The number of hydrazone groups is 1. The normalized spacial score (nSPS) is 6.17. The Bertz CT molecular complexity index is 24.7. The van der Waals surface area contributed by atoms with Crippen LogP contribution in [0, 0.1) is 0 Å². The molecular formula is C2H10N2O2. The van der Waals surface area contributed by atoms with E-state index in [1.54, 1.807) is 6.92 Å². The maximum absolute atomic E-state index is 4.60. The van der Waals surface area contributed by atoms with E-state index >= 15 is 0 Å². The van der Waals surface area contributed by atoms with Crippen molar-refractivity contribution in [3.63, 3.8) is 0 Å². The average Bonchev–Trinajstić information content (AvgIpc) is 1.37. The van der Waals surface area contributed by atoms with E-state index < -0.39 is 0 Å². The molecule has 0 rings (SSSR count). The van der Waals surface area contributed by atoms with Crippen LogP contribution in [0.3, 0.4) is 0 Å². The SMILES string of the molecule is CC=NN.O.O. The Morgan fingerprint density at radius 1 is 1.50 bits per heavy atom. The van der Waals surface area contributed by atoms with Gasteiger partial charge in [0.15, 0.2) is 0 Å². The van der Waals surface area contributed by atoms with Gasteiger partial charge in [0.05, 0.1) is 0 Å². The van der Waals surface area contributed by atoms with Gasteiger partial charge in [0.1, 0.15) is 0 Å². The molecule has 0 saturated carbocycles. The molecule has 0 aromatic rings. The van der Waals surface area contributed by atoms with Gasteiger partial charge in [0, 0.05) is 6.21 Å². The van der Waals surface area contributed by atoms with Crippen molar-refractivity contribution in [2.45, 2.75) is 6.92 Å². The Kier molecular flexibility index (Phi) is 79.1. The molecule has 4 nitrogen and oxygen atoms in total. The highest BCUT2D eigenvalue weighted by atomic mass is 16.0. The Hall–Kier alpha value is -0.610. The molecular weight excluding hydrogens is 84.0 g/mol. The molecule has 0 aliphatic rings. The van der Waals surface area contributed by atoms with Gasteiger partial charge in [0.2, 0.25) is 0 Å². The van der Waals surface area contributed by atoms with Crippen LogP contribution in [-0.4, -0.2) is 17.2 Å². The van der Waals surface area contributed by atoms with E-state index in [9.17, 15) is 0 Å². The number of nitrogens with zero attached hydrogens (tertiary/aromatic N) is 1. The fourth-order valence-corrected chi connectivity index (χ4v) is 0. The molecule has 0 spiro atoms. The first kappa shape index (κ1) is 18.2. The fourth-order valence-electron chi connectivity index (χ4n) is 0. The third-order valence-electron chi connectivity index (χ3n) is 0.149. The van der Waals surface area contributed by atoms with Crippen molar-refractivity contribution in [1.82, 2.24) is 0 Å². The van der Waals surface area contributed by atoms with Crippen molar-refractivity contribution in [2.24, 2.45) is 10.9 Å². The molecule has 0 heterocycles. The van der Waals surface area contributed by atoms with Gasteiger partial charge < -0.3 is 16.8 Å². The molecule has 0 radical (unpaired) electrons. The quantitative estimate of drug-likeness (QED) is 0.216. The van der Waals surface area contributed by atoms with E-state index in [0.29, 0.717) is 0 Å². The van der Waals surface area contributed by atoms with Gasteiger partial charge in [-0.1, -0.05) is 0 Å². The van der Waals surface area contributed by atoms with Crippen molar-refractivity contribution in [3.8, 4) is 0 Å². The predicted octanol–water partition coefficient (Wildman–Crippen LogP) is -1.70. The monoisotopic (exact) mass is 94.1 g/mol. The lowest BCUT2D eigenvalue weighted by Gasteiger charge is -1.55. The van der Waals surface area contributed by atoms with Crippen LogP contribution in [-0.2, 0) is 0 Å². The van der Waals surface area contributed by atoms with Crippen LogP contribution < -0.4 is 5.84 Å². The Morgan fingerprint density at radius 3 is 1.67 bits per heavy atom.